The third kappa shape index (κ3) is 2.79. The van der Waals surface area contributed by atoms with E-state index in [0.29, 0.717) is 16.7 Å². The highest BCUT2D eigenvalue weighted by Gasteiger charge is 2.59. The average molecular weight is 363 g/mol. The number of β-lactam (4-membered cyclic amide) rings is 1. The van der Waals surface area contributed by atoms with Crippen LogP contribution in [0, 0.1) is 17.2 Å². The zero-order valence-electron chi connectivity index (χ0n) is 14.3. The topological polar surface area (TPSA) is 107 Å². The quantitative estimate of drug-likeness (QED) is 0.530. The molecule has 1 aromatic heterocycles. The van der Waals surface area contributed by atoms with Crippen molar-refractivity contribution in [2.24, 2.45) is 18.9 Å². The molecular formula is C17H21N3O4S. The molecular weight excluding hydrogens is 342 g/mol. The second-order valence-electron chi connectivity index (χ2n) is 6.59. The summed E-state index contributed by atoms with van der Waals surface area (Å²) in [6.07, 6.45) is 0.992. The molecule has 0 unspecified atom stereocenters. The van der Waals surface area contributed by atoms with E-state index in [4.69, 9.17) is 5.41 Å². The third-order valence-corrected chi connectivity index (χ3v) is 6.15. The Balaban J connectivity index is 1.89. The van der Waals surface area contributed by atoms with Crippen molar-refractivity contribution in [3.63, 3.8) is 0 Å². The van der Waals surface area contributed by atoms with Gasteiger partial charge in [-0.05, 0) is 24.6 Å². The Kier molecular flexibility index (Phi) is 4.51. The maximum Gasteiger partial charge on any atom is 0.352 e. The predicted molar refractivity (Wildman–Crippen MR) is 91.6 cm³/mol. The highest BCUT2D eigenvalue weighted by molar-refractivity contribution is 7.99. The van der Waals surface area contributed by atoms with Crippen LogP contribution < -0.4 is 5.36 Å². The first-order valence-corrected chi connectivity index (χ1v) is 9.04. The van der Waals surface area contributed by atoms with Gasteiger partial charge in [-0.3, -0.25) is 4.79 Å². The zero-order valence-corrected chi connectivity index (χ0v) is 15.1. The van der Waals surface area contributed by atoms with Crippen LogP contribution >= 0.6 is 11.8 Å². The molecule has 3 N–H and O–H groups in total. The van der Waals surface area contributed by atoms with Gasteiger partial charge in [0.1, 0.15) is 5.70 Å². The van der Waals surface area contributed by atoms with Crippen LogP contribution in [-0.2, 0) is 16.6 Å². The van der Waals surface area contributed by atoms with E-state index in [1.54, 1.807) is 25.3 Å². The van der Waals surface area contributed by atoms with Gasteiger partial charge < -0.3 is 25.1 Å². The van der Waals surface area contributed by atoms with Crippen LogP contribution in [0.5, 0.6) is 0 Å². The van der Waals surface area contributed by atoms with Gasteiger partial charge >= 0.3 is 5.97 Å². The lowest BCUT2D eigenvalue weighted by atomic mass is 9.78. The summed E-state index contributed by atoms with van der Waals surface area (Å²) in [5.41, 5.74) is 0.756. The van der Waals surface area contributed by atoms with Gasteiger partial charge in [0, 0.05) is 24.9 Å². The molecule has 0 saturated carbocycles. The van der Waals surface area contributed by atoms with Crippen LogP contribution in [0.1, 0.15) is 13.8 Å². The summed E-state index contributed by atoms with van der Waals surface area (Å²) in [6.45, 7) is 3.48. The number of hydrogen-bond donors (Lipinski definition) is 3. The summed E-state index contributed by atoms with van der Waals surface area (Å²) in [6, 6.07) is 3.12. The second-order valence-corrected chi connectivity index (χ2v) is 7.58. The molecule has 1 fully saturated rings. The van der Waals surface area contributed by atoms with E-state index in [9.17, 15) is 19.8 Å². The fourth-order valence-corrected chi connectivity index (χ4v) is 4.86. The van der Waals surface area contributed by atoms with E-state index in [0.717, 1.165) is 5.03 Å². The van der Waals surface area contributed by atoms with Crippen molar-refractivity contribution in [1.82, 2.24) is 9.47 Å². The number of rotatable bonds is 5. The summed E-state index contributed by atoms with van der Waals surface area (Å²) in [7, 11) is 1.87. The lowest BCUT2D eigenvalue weighted by Crippen LogP contribution is -2.63. The van der Waals surface area contributed by atoms with E-state index in [-0.39, 0.29) is 23.6 Å². The molecule has 3 rings (SSSR count). The van der Waals surface area contributed by atoms with Gasteiger partial charge in [-0.25, -0.2) is 4.79 Å². The number of carboxylic acids is 1. The molecule has 1 saturated heterocycles. The van der Waals surface area contributed by atoms with Gasteiger partial charge in [-0.1, -0.05) is 6.92 Å². The molecule has 3 heterocycles. The number of carbonyl (C=O) groups excluding carboxylic acids is 1. The molecule has 8 heteroatoms. The fraction of sp³-hybridized carbons (Fsp3) is 0.471. The molecule has 0 aliphatic carbocycles. The highest BCUT2D eigenvalue weighted by Crippen LogP contribution is 2.48. The van der Waals surface area contributed by atoms with Crippen molar-refractivity contribution in [2.75, 3.05) is 5.75 Å². The number of amides is 1. The van der Waals surface area contributed by atoms with Crippen molar-refractivity contribution >= 4 is 23.6 Å². The SMILES string of the molecule is C[C@@H](O)[C@H]1C(=O)N2C(C(=O)O)=C(CSc3cc(=N)ccn3C)[C@H](C)[C@H]12. The van der Waals surface area contributed by atoms with Crippen molar-refractivity contribution in [3.8, 4) is 0 Å². The number of aliphatic carboxylic acids is 1. The Morgan fingerprint density at radius 1 is 1.48 bits per heavy atom. The number of aromatic nitrogens is 1. The second kappa shape index (κ2) is 6.34. The van der Waals surface area contributed by atoms with Crippen molar-refractivity contribution in [2.45, 2.75) is 31.0 Å². The number of hydrogen-bond acceptors (Lipinski definition) is 5. The Morgan fingerprint density at radius 2 is 2.16 bits per heavy atom. The first-order chi connectivity index (χ1) is 11.7. The van der Waals surface area contributed by atoms with E-state index in [1.807, 2.05) is 18.5 Å². The molecule has 0 radical (unpaired) electrons. The Labute approximate surface area is 149 Å². The molecule has 1 amide bonds. The Hall–Kier alpha value is -2.06. The fourth-order valence-electron chi connectivity index (χ4n) is 3.68. The van der Waals surface area contributed by atoms with Crippen LogP contribution in [0.3, 0.4) is 0 Å². The lowest BCUT2D eigenvalue weighted by molar-refractivity contribution is -0.163. The lowest BCUT2D eigenvalue weighted by Gasteiger charge is -2.46. The molecule has 1 aromatic rings. The minimum absolute atomic E-state index is 0.0524. The zero-order chi connectivity index (χ0) is 18.5. The molecule has 25 heavy (non-hydrogen) atoms. The molecule has 2 aliphatic heterocycles. The Morgan fingerprint density at radius 3 is 2.76 bits per heavy atom. The van der Waals surface area contributed by atoms with Gasteiger partial charge in [0.15, 0.2) is 0 Å². The van der Waals surface area contributed by atoms with E-state index in [1.165, 1.54) is 16.7 Å². The minimum atomic E-state index is -1.11. The first kappa shape index (κ1) is 17.8. The number of thioether (sulfide) groups is 1. The molecule has 2 aliphatic rings. The van der Waals surface area contributed by atoms with E-state index in [2.05, 4.69) is 0 Å². The maximum absolute atomic E-state index is 12.3. The predicted octanol–water partition coefficient (Wildman–Crippen LogP) is 0.793. The molecule has 0 spiro atoms. The smallest absolute Gasteiger partial charge is 0.352 e. The highest BCUT2D eigenvalue weighted by atomic mass is 32.2. The minimum Gasteiger partial charge on any atom is -0.477 e. The van der Waals surface area contributed by atoms with Gasteiger partial charge in [-0.2, -0.15) is 0 Å². The molecule has 7 nitrogen and oxygen atoms in total. The number of aliphatic hydroxyl groups excluding tert-OH is 1. The number of pyridine rings is 1. The number of aryl methyl sites for hydroxylation is 1. The number of nitrogens with zero attached hydrogens (tertiary/aromatic N) is 2. The van der Waals surface area contributed by atoms with Crippen LogP contribution in [-0.4, -0.2) is 49.5 Å². The van der Waals surface area contributed by atoms with Gasteiger partial charge in [-0.15, -0.1) is 11.8 Å². The number of nitrogens with one attached hydrogen (secondary N) is 1. The summed E-state index contributed by atoms with van der Waals surface area (Å²) >= 11 is 1.45. The summed E-state index contributed by atoms with van der Waals surface area (Å²) in [4.78, 5) is 25.4. The van der Waals surface area contributed by atoms with Crippen LogP contribution in [0.2, 0.25) is 0 Å². The van der Waals surface area contributed by atoms with Crippen LogP contribution in [0.4, 0.5) is 0 Å². The van der Waals surface area contributed by atoms with Gasteiger partial charge in [0.05, 0.1) is 28.4 Å². The van der Waals surface area contributed by atoms with E-state index >= 15 is 0 Å². The Bertz CT molecular complexity index is 829. The molecule has 0 aromatic carbocycles. The first-order valence-electron chi connectivity index (χ1n) is 8.05. The number of fused-ring (bicyclic) bond motifs is 1. The van der Waals surface area contributed by atoms with Gasteiger partial charge in [0.25, 0.3) is 0 Å². The molecule has 0 bridgehead atoms. The average Bonchev–Trinajstić information content (AvgIpc) is 2.77. The third-order valence-electron chi connectivity index (χ3n) is 5.00. The van der Waals surface area contributed by atoms with Crippen molar-refractivity contribution < 1.29 is 19.8 Å². The summed E-state index contributed by atoms with van der Waals surface area (Å²) in [5.74, 6) is -1.67. The standard InChI is InChI=1S/C17H21N3O4S/c1-8-11(7-25-12-6-10(18)4-5-19(12)3)15(17(23)24)20-14(8)13(9(2)21)16(20)22/h4-6,8-9,13-14,18,21H,7H2,1-3H3,(H,23,24)/t8-,9+,13+,14+/m0/s1. The summed E-state index contributed by atoms with van der Waals surface area (Å²) < 4.78 is 1.88. The summed E-state index contributed by atoms with van der Waals surface area (Å²) in [5, 5.41) is 28.4. The van der Waals surface area contributed by atoms with Crippen LogP contribution in [0.25, 0.3) is 0 Å². The largest absolute Gasteiger partial charge is 0.477 e. The molecule has 134 valence electrons. The normalized spacial score (nSPS) is 26.5. The van der Waals surface area contributed by atoms with E-state index < -0.39 is 18.0 Å². The van der Waals surface area contributed by atoms with Crippen molar-refractivity contribution in [1.29, 1.82) is 5.41 Å². The number of carboxylic acid groups (broad SMARTS) is 1. The number of aliphatic hydroxyl groups is 1. The maximum atomic E-state index is 12.3. The van der Waals surface area contributed by atoms with Gasteiger partial charge in [0.2, 0.25) is 5.91 Å². The van der Waals surface area contributed by atoms with Crippen LogP contribution in [0.15, 0.2) is 34.6 Å². The molecule has 4 atom stereocenters. The number of carbonyl (C=O) groups is 2. The van der Waals surface area contributed by atoms with Crippen molar-refractivity contribution in [3.05, 3.63) is 35.0 Å². The monoisotopic (exact) mass is 363 g/mol.